The molecule has 1 aromatic heterocycles. The van der Waals surface area contributed by atoms with Gasteiger partial charge in [-0.3, -0.25) is 0 Å². The quantitative estimate of drug-likeness (QED) is 0.846. The number of aromatic nitrogens is 1. The first-order chi connectivity index (χ1) is 8.04. The van der Waals surface area contributed by atoms with E-state index in [1.54, 1.807) is 6.07 Å². The summed E-state index contributed by atoms with van der Waals surface area (Å²) >= 11 is 0. The van der Waals surface area contributed by atoms with Crippen LogP contribution in [0.1, 0.15) is 47.7 Å². The topological polar surface area (TPSA) is 53.1 Å². The van der Waals surface area contributed by atoms with Crippen LogP contribution in [0.3, 0.4) is 0 Å². The summed E-state index contributed by atoms with van der Waals surface area (Å²) < 4.78 is 0. The zero-order valence-electron chi connectivity index (χ0n) is 10.4. The van der Waals surface area contributed by atoms with Gasteiger partial charge in [0.05, 0.1) is 5.56 Å². The first-order valence-corrected chi connectivity index (χ1v) is 5.89. The van der Waals surface area contributed by atoms with Gasteiger partial charge in [0.15, 0.2) is 0 Å². The van der Waals surface area contributed by atoms with Crippen LogP contribution in [0.2, 0.25) is 0 Å². The van der Waals surface area contributed by atoms with Gasteiger partial charge in [-0.1, -0.05) is 13.8 Å². The smallest absolute Gasteiger partial charge is 0.336 e. The Labute approximate surface area is 100 Å². The fourth-order valence-electron chi connectivity index (χ4n) is 2.15. The summed E-state index contributed by atoms with van der Waals surface area (Å²) in [6, 6.07) is 3.86. The van der Waals surface area contributed by atoms with E-state index in [1.807, 2.05) is 13.1 Å². The first-order valence-electron chi connectivity index (χ1n) is 5.89. The maximum Gasteiger partial charge on any atom is 0.336 e. The minimum Gasteiger partial charge on any atom is -0.478 e. The highest BCUT2D eigenvalue weighted by Crippen LogP contribution is 2.28. The predicted molar refractivity (Wildman–Crippen MR) is 68.7 cm³/mol. The number of carbonyl (C=O) groups is 1. The predicted octanol–water partition coefficient (Wildman–Crippen LogP) is 3.69. The second-order valence-electron chi connectivity index (χ2n) is 4.58. The van der Waals surface area contributed by atoms with E-state index in [-0.39, 0.29) is 0 Å². The zero-order valence-corrected chi connectivity index (χ0v) is 10.4. The number of benzene rings is 1. The molecule has 0 bridgehead atoms. The summed E-state index contributed by atoms with van der Waals surface area (Å²) in [6.45, 7) is 6.14. The maximum atomic E-state index is 11.3. The Morgan fingerprint density at radius 3 is 2.76 bits per heavy atom. The number of rotatable bonds is 3. The van der Waals surface area contributed by atoms with Gasteiger partial charge < -0.3 is 10.1 Å². The molecule has 0 amide bonds. The summed E-state index contributed by atoms with van der Waals surface area (Å²) in [5.74, 6) is -0.482. The maximum absolute atomic E-state index is 11.3. The van der Waals surface area contributed by atoms with Crippen molar-refractivity contribution >= 4 is 16.9 Å². The van der Waals surface area contributed by atoms with Crippen molar-refractivity contribution in [3.8, 4) is 0 Å². The Morgan fingerprint density at radius 1 is 1.47 bits per heavy atom. The zero-order chi connectivity index (χ0) is 12.6. The number of fused-ring (bicyclic) bond motifs is 1. The fraction of sp³-hybridized carbons (Fsp3) is 0.357. The lowest BCUT2D eigenvalue weighted by Gasteiger charge is -2.11. The number of H-pyrrole nitrogens is 1. The fourth-order valence-corrected chi connectivity index (χ4v) is 2.15. The molecule has 1 unspecified atom stereocenters. The minimum absolute atomic E-state index is 0.376. The lowest BCUT2D eigenvalue weighted by atomic mass is 9.94. The van der Waals surface area contributed by atoms with Gasteiger partial charge in [-0.25, -0.2) is 4.79 Å². The molecule has 90 valence electrons. The van der Waals surface area contributed by atoms with Crippen LogP contribution in [0, 0.1) is 6.92 Å². The van der Waals surface area contributed by atoms with E-state index in [4.69, 9.17) is 0 Å². The molecule has 0 radical (unpaired) electrons. The number of hydrogen-bond donors (Lipinski definition) is 2. The van der Waals surface area contributed by atoms with Crippen LogP contribution in [-0.2, 0) is 0 Å². The van der Waals surface area contributed by atoms with Crippen LogP contribution in [0.25, 0.3) is 10.9 Å². The van der Waals surface area contributed by atoms with E-state index < -0.39 is 5.97 Å². The van der Waals surface area contributed by atoms with Crippen LogP contribution < -0.4 is 0 Å². The minimum atomic E-state index is -0.858. The average molecular weight is 231 g/mol. The van der Waals surface area contributed by atoms with Gasteiger partial charge in [-0.2, -0.15) is 0 Å². The summed E-state index contributed by atoms with van der Waals surface area (Å²) in [5.41, 5.74) is 3.38. The standard InChI is InChI=1S/C14H17NO2/c1-4-8(2)10-5-11(14(16)17)13-9(3)7-15-12(13)6-10/h5-8,15H,4H2,1-3H3,(H,16,17). The normalized spacial score (nSPS) is 12.9. The Morgan fingerprint density at radius 2 is 2.18 bits per heavy atom. The first kappa shape index (κ1) is 11.7. The molecule has 0 aliphatic carbocycles. The SMILES string of the molecule is CCC(C)c1cc(C(=O)O)c2c(C)c[nH]c2c1. The highest BCUT2D eigenvalue weighted by atomic mass is 16.4. The van der Waals surface area contributed by atoms with Crippen LogP contribution in [-0.4, -0.2) is 16.1 Å². The van der Waals surface area contributed by atoms with Gasteiger partial charge in [0, 0.05) is 17.1 Å². The monoisotopic (exact) mass is 231 g/mol. The second-order valence-corrected chi connectivity index (χ2v) is 4.58. The third-order valence-electron chi connectivity index (χ3n) is 3.41. The van der Waals surface area contributed by atoms with E-state index in [9.17, 15) is 9.90 Å². The second kappa shape index (κ2) is 4.24. The van der Waals surface area contributed by atoms with Crippen molar-refractivity contribution in [2.45, 2.75) is 33.1 Å². The van der Waals surface area contributed by atoms with E-state index >= 15 is 0 Å². The third-order valence-corrected chi connectivity index (χ3v) is 3.41. The lowest BCUT2D eigenvalue weighted by molar-refractivity contribution is 0.0699. The molecule has 2 rings (SSSR count). The van der Waals surface area contributed by atoms with Gasteiger partial charge in [0.25, 0.3) is 0 Å². The van der Waals surface area contributed by atoms with Crippen molar-refractivity contribution in [1.82, 2.24) is 4.98 Å². The van der Waals surface area contributed by atoms with Gasteiger partial charge in [0.1, 0.15) is 0 Å². The van der Waals surface area contributed by atoms with E-state index in [0.29, 0.717) is 11.5 Å². The summed E-state index contributed by atoms with van der Waals surface area (Å²) in [6.07, 6.45) is 2.86. The van der Waals surface area contributed by atoms with Crippen molar-refractivity contribution in [1.29, 1.82) is 0 Å². The molecule has 0 saturated carbocycles. The Hall–Kier alpha value is -1.77. The summed E-state index contributed by atoms with van der Waals surface area (Å²) in [4.78, 5) is 14.5. The van der Waals surface area contributed by atoms with Crippen LogP contribution >= 0.6 is 0 Å². The van der Waals surface area contributed by atoms with Crippen LogP contribution in [0.15, 0.2) is 18.3 Å². The number of carboxylic acids is 1. The Balaban J connectivity index is 2.73. The molecule has 1 heterocycles. The largest absolute Gasteiger partial charge is 0.478 e. The molecule has 0 aliphatic rings. The van der Waals surface area contributed by atoms with Crippen molar-refractivity contribution in [2.24, 2.45) is 0 Å². The molecular weight excluding hydrogens is 214 g/mol. The van der Waals surface area contributed by atoms with Gasteiger partial charge in [-0.05, 0) is 42.5 Å². The lowest BCUT2D eigenvalue weighted by Crippen LogP contribution is -2.01. The molecule has 17 heavy (non-hydrogen) atoms. The van der Waals surface area contributed by atoms with E-state index in [0.717, 1.165) is 28.5 Å². The van der Waals surface area contributed by atoms with Crippen molar-refractivity contribution in [3.63, 3.8) is 0 Å². The number of aryl methyl sites for hydroxylation is 1. The van der Waals surface area contributed by atoms with Gasteiger partial charge >= 0.3 is 5.97 Å². The van der Waals surface area contributed by atoms with Gasteiger partial charge in [0.2, 0.25) is 0 Å². The molecule has 2 aromatic rings. The highest BCUT2D eigenvalue weighted by Gasteiger charge is 2.15. The van der Waals surface area contributed by atoms with Crippen molar-refractivity contribution in [3.05, 3.63) is 35.0 Å². The molecule has 1 aromatic carbocycles. The molecular formula is C14H17NO2. The number of aromatic carboxylic acids is 1. The molecule has 0 fully saturated rings. The molecule has 0 aliphatic heterocycles. The molecule has 1 atom stereocenters. The summed E-state index contributed by atoms with van der Waals surface area (Å²) in [7, 11) is 0. The molecule has 3 nitrogen and oxygen atoms in total. The van der Waals surface area contributed by atoms with Crippen molar-refractivity contribution in [2.75, 3.05) is 0 Å². The number of aromatic amines is 1. The Bertz CT molecular complexity index is 569. The van der Waals surface area contributed by atoms with E-state index in [2.05, 4.69) is 24.9 Å². The Kier molecular flexibility index (Phi) is 2.92. The van der Waals surface area contributed by atoms with Gasteiger partial charge in [-0.15, -0.1) is 0 Å². The van der Waals surface area contributed by atoms with Crippen molar-refractivity contribution < 1.29 is 9.90 Å². The number of hydrogen-bond acceptors (Lipinski definition) is 1. The molecule has 2 N–H and O–H groups in total. The third kappa shape index (κ3) is 1.93. The van der Waals surface area contributed by atoms with Crippen LogP contribution in [0.5, 0.6) is 0 Å². The number of carboxylic acid groups (broad SMARTS) is 1. The summed E-state index contributed by atoms with van der Waals surface area (Å²) in [5, 5.41) is 10.1. The molecule has 0 spiro atoms. The molecule has 3 heteroatoms. The number of nitrogens with one attached hydrogen (secondary N) is 1. The highest BCUT2D eigenvalue weighted by molar-refractivity contribution is 6.04. The van der Waals surface area contributed by atoms with Crippen LogP contribution in [0.4, 0.5) is 0 Å². The molecule has 0 saturated heterocycles. The average Bonchev–Trinajstić information content (AvgIpc) is 2.69. The van der Waals surface area contributed by atoms with E-state index in [1.165, 1.54) is 0 Å².